The monoisotopic (exact) mass is 302 g/mol. The summed E-state index contributed by atoms with van der Waals surface area (Å²) in [6.45, 7) is 0.500. The van der Waals surface area contributed by atoms with Crippen LogP contribution in [0.4, 0.5) is 5.69 Å². The van der Waals surface area contributed by atoms with Crippen molar-refractivity contribution in [2.24, 2.45) is 0 Å². The molecule has 2 N–H and O–H groups in total. The highest BCUT2D eigenvalue weighted by Gasteiger charge is 2.02. The van der Waals surface area contributed by atoms with Crippen LogP contribution in [0, 0.1) is 11.3 Å². The zero-order chi connectivity index (χ0) is 13.0. The van der Waals surface area contributed by atoms with Gasteiger partial charge >= 0.3 is 0 Å². The molecule has 0 radical (unpaired) electrons. The van der Waals surface area contributed by atoms with Gasteiger partial charge in [-0.05, 0) is 36.4 Å². The van der Waals surface area contributed by atoms with Crippen molar-refractivity contribution in [2.45, 2.75) is 6.54 Å². The highest BCUT2D eigenvalue weighted by atomic mass is 79.9. The van der Waals surface area contributed by atoms with Crippen LogP contribution < -0.4 is 5.32 Å². The molecule has 2 aromatic carbocycles. The van der Waals surface area contributed by atoms with Gasteiger partial charge in [0, 0.05) is 22.3 Å². The van der Waals surface area contributed by atoms with Crippen molar-refractivity contribution in [3.05, 3.63) is 58.1 Å². The van der Waals surface area contributed by atoms with Gasteiger partial charge in [0.2, 0.25) is 0 Å². The summed E-state index contributed by atoms with van der Waals surface area (Å²) in [6, 6.07) is 14.6. The Morgan fingerprint density at radius 1 is 1.22 bits per heavy atom. The van der Waals surface area contributed by atoms with Gasteiger partial charge in [-0.1, -0.05) is 22.0 Å². The molecule has 90 valence electrons. The van der Waals surface area contributed by atoms with E-state index in [1.165, 1.54) is 0 Å². The highest BCUT2D eigenvalue weighted by molar-refractivity contribution is 9.10. The summed E-state index contributed by atoms with van der Waals surface area (Å²) in [5.41, 5.74) is 2.26. The molecule has 0 aromatic heterocycles. The number of nitrogens with zero attached hydrogens (tertiary/aromatic N) is 1. The maximum absolute atomic E-state index is 9.70. The predicted molar refractivity (Wildman–Crippen MR) is 74.3 cm³/mol. The predicted octanol–water partition coefficient (Wildman–Crippen LogP) is 3.64. The molecule has 2 aromatic rings. The van der Waals surface area contributed by atoms with Gasteiger partial charge in [0.1, 0.15) is 5.75 Å². The SMILES string of the molecule is N#Cc1cccc(NCc2cc(Br)ccc2O)c1. The van der Waals surface area contributed by atoms with Crippen molar-refractivity contribution < 1.29 is 5.11 Å². The minimum atomic E-state index is 0.252. The fourth-order valence-electron chi connectivity index (χ4n) is 1.59. The fraction of sp³-hybridized carbons (Fsp3) is 0.0714. The van der Waals surface area contributed by atoms with E-state index < -0.39 is 0 Å². The van der Waals surface area contributed by atoms with Crippen molar-refractivity contribution in [2.75, 3.05) is 5.32 Å². The van der Waals surface area contributed by atoms with Gasteiger partial charge in [-0.3, -0.25) is 0 Å². The fourth-order valence-corrected chi connectivity index (χ4v) is 2.00. The number of phenols is 1. The normalized spacial score (nSPS) is 9.78. The second kappa shape index (κ2) is 5.56. The lowest BCUT2D eigenvalue weighted by Crippen LogP contribution is -1.99. The van der Waals surface area contributed by atoms with Gasteiger partial charge in [0.25, 0.3) is 0 Å². The summed E-state index contributed by atoms with van der Waals surface area (Å²) in [5, 5.41) is 21.7. The molecule has 0 aliphatic rings. The topological polar surface area (TPSA) is 56.0 Å². The summed E-state index contributed by atoms with van der Waals surface area (Å²) in [5.74, 6) is 0.252. The second-order valence-corrected chi connectivity index (χ2v) is 4.73. The Kier molecular flexibility index (Phi) is 3.85. The van der Waals surface area contributed by atoms with Gasteiger partial charge in [-0.25, -0.2) is 0 Å². The number of phenolic OH excluding ortho intramolecular Hbond substituents is 1. The molecular formula is C14H11BrN2O. The van der Waals surface area contributed by atoms with Crippen LogP contribution in [0.25, 0.3) is 0 Å². The summed E-state index contributed by atoms with van der Waals surface area (Å²) < 4.78 is 0.919. The number of halogens is 1. The number of aromatic hydroxyl groups is 1. The van der Waals surface area contributed by atoms with Crippen LogP contribution in [0.15, 0.2) is 46.9 Å². The smallest absolute Gasteiger partial charge is 0.120 e. The summed E-state index contributed by atoms with van der Waals surface area (Å²) in [7, 11) is 0. The lowest BCUT2D eigenvalue weighted by atomic mass is 10.2. The van der Waals surface area contributed by atoms with Crippen LogP contribution in [0.1, 0.15) is 11.1 Å². The average molecular weight is 303 g/mol. The second-order valence-electron chi connectivity index (χ2n) is 3.82. The third-order valence-corrected chi connectivity index (χ3v) is 3.01. The Morgan fingerprint density at radius 3 is 2.83 bits per heavy atom. The van der Waals surface area contributed by atoms with Gasteiger partial charge in [0.15, 0.2) is 0 Å². The number of hydrogen-bond donors (Lipinski definition) is 2. The van der Waals surface area contributed by atoms with E-state index in [-0.39, 0.29) is 5.75 Å². The van der Waals surface area contributed by atoms with Crippen LogP contribution in [-0.2, 0) is 6.54 Å². The van der Waals surface area contributed by atoms with E-state index in [4.69, 9.17) is 5.26 Å². The first kappa shape index (κ1) is 12.5. The van der Waals surface area contributed by atoms with Gasteiger partial charge in [0.05, 0.1) is 11.6 Å². The summed E-state index contributed by atoms with van der Waals surface area (Å²) in [6.07, 6.45) is 0. The number of anilines is 1. The number of nitriles is 1. The minimum absolute atomic E-state index is 0.252. The molecule has 3 nitrogen and oxygen atoms in total. The van der Waals surface area contributed by atoms with Crippen LogP contribution in [0.5, 0.6) is 5.75 Å². The highest BCUT2D eigenvalue weighted by Crippen LogP contribution is 2.23. The zero-order valence-electron chi connectivity index (χ0n) is 9.52. The Hall–Kier alpha value is -1.99. The quantitative estimate of drug-likeness (QED) is 0.910. The van der Waals surface area contributed by atoms with E-state index >= 15 is 0 Å². The molecule has 0 unspecified atom stereocenters. The molecule has 0 heterocycles. The number of rotatable bonds is 3. The largest absolute Gasteiger partial charge is 0.508 e. The average Bonchev–Trinajstić information content (AvgIpc) is 2.40. The van der Waals surface area contributed by atoms with E-state index in [9.17, 15) is 5.11 Å². The summed E-state index contributed by atoms with van der Waals surface area (Å²) in [4.78, 5) is 0. The van der Waals surface area contributed by atoms with E-state index in [0.717, 1.165) is 15.7 Å². The van der Waals surface area contributed by atoms with Crippen LogP contribution in [0.2, 0.25) is 0 Å². The number of nitrogens with one attached hydrogen (secondary N) is 1. The van der Waals surface area contributed by atoms with Gasteiger partial charge in [-0.15, -0.1) is 0 Å². The third kappa shape index (κ3) is 3.02. The van der Waals surface area contributed by atoms with Crippen LogP contribution >= 0.6 is 15.9 Å². The molecule has 0 bridgehead atoms. The molecule has 0 amide bonds. The number of benzene rings is 2. The lowest BCUT2D eigenvalue weighted by molar-refractivity contribution is 0.469. The molecule has 0 saturated carbocycles. The van der Waals surface area contributed by atoms with Crippen molar-refractivity contribution in [1.29, 1.82) is 5.26 Å². The van der Waals surface area contributed by atoms with Gasteiger partial charge < -0.3 is 10.4 Å². The zero-order valence-corrected chi connectivity index (χ0v) is 11.1. The Balaban J connectivity index is 2.11. The van der Waals surface area contributed by atoms with Gasteiger partial charge in [-0.2, -0.15) is 5.26 Å². The Morgan fingerprint density at radius 2 is 2.06 bits per heavy atom. The molecule has 0 saturated heterocycles. The first-order valence-electron chi connectivity index (χ1n) is 5.40. The molecule has 4 heteroatoms. The van der Waals surface area contributed by atoms with E-state index in [2.05, 4.69) is 27.3 Å². The molecule has 0 fully saturated rings. The molecule has 18 heavy (non-hydrogen) atoms. The third-order valence-electron chi connectivity index (χ3n) is 2.52. The molecular weight excluding hydrogens is 292 g/mol. The van der Waals surface area contributed by atoms with Crippen LogP contribution in [0.3, 0.4) is 0 Å². The van der Waals surface area contributed by atoms with Crippen molar-refractivity contribution in [3.63, 3.8) is 0 Å². The first-order valence-corrected chi connectivity index (χ1v) is 6.20. The van der Waals surface area contributed by atoms with E-state index in [1.54, 1.807) is 24.3 Å². The van der Waals surface area contributed by atoms with Crippen molar-refractivity contribution >= 4 is 21.6 Å². The molecule has 2 rings (SSSR count). The van der Waals surface area contributed by atoms with E-state index in [1.807, 2.05) is 18.2 Å². The van der Waals surface area contributed by atoms with Crippen LogP contribution in [-0.4, -0.2) is 5.11 Å². The first-order chi connectivity index (χ1) is 8.69. The molecule has 0 aliphatic carbocycles. The Labute approximate surface area is 114 Å². The van der Waals surface area contributed by atoms with E-state index in [0.29, 0.717) is 12.1 Å². The maximum Gasteiger partial charge on any atom is 0.120 e. The summed E-state index contributed by atoms with van der Waals surface area (Å²) >= 11 is 3.36. The molecule has 0 aliphatic heterocycles. The Bertz CT molecular complexity index is 605. The van der Waals surface area contributed by atoms with Crippen molar-refractivity contribution in [1.82, 2.24) is 0 Å². The number of hydrogen-bond acceptors (Lipinski definition) is 3. The lowest BCUT2D eigenvalue weighted by Gasteiger charge is -2.08. The van der Waals surface area contributed by atoms with Crippen molar-refractivity contribution in [3.8, 4) is 11.8 Å². The minimum Gasteiger partial charge on any atom is -0.508 e. The maximum atomic E-state index is 9.70. The standard InChI is InChI=1S/C14H11BrN2O/c15-12-4-5-14(18)11(7-12)9-17-13-3-1-2-10(6-13)8-16/h1-7,17-18H,9H2. The molecule has 0 spiro atoms. The molecule has 0 atom stereocenters.